The summed E-state index contributed by atoms with van der Waals surface area (Å²) in [7, 11) is 0. The Hall–Kier alpha value is -6.10. The van der Waals surface area contributed by atoms with E-state index in [9.17, 15) is 0 Å². The summed E-state index contributed by atoms with van der Waals surface area (Å²) in [5.41, 5.74) is 9.90. The van der Waals surface area contributed by atoms with Gasteiger partial charge in [0.1, 0.15) is 11.2 Å². The average molecular weight is 536 g/mol. The molecule has 8 rings (SSSR count). The number of aromatic nitrogens is 1. The Balaban J connectivity index is 1.36. The van der Waals surface area contributed by atoms with Crippen molar-refractivity contribution in [2.24, 2.45) is 0 Å². The Morgan fingerprint density at radius 2 is 1.24 bits per heavy atom. The highest BCUT2D eigenvalue weighted by molar-refractivity contribution is 6.11. The van der Waals surface area contributed by atoms with Gasteiger partial charge in [-0.05, 0) is 70.1 Å². The van der Waals surface area contributed by atoms with Crippen LogP contribution in [0.3, 0.4) is 0 Å². The van der Waals surface area contributed by atoms with E-state index in [2.05, 4.69) is 74.9 Å². The summed E-state index contributed by atoms with van der Waals surface area (Å²) < 4.78 is 8.23. The first-order valence-electron chi connectivity index (χ1n) is 13.7. The summed E-state index contributed by atoms with van der Waals surface area (Å²) in [6.07, 6.45) is 0. The van der Waals surface area contributed by atoms with Gasteiger partial charge in [-0.15, -0.1) is 0 Å². The van der Waals surface area contributed by atoms with E-state index in [1.54, 1.807) is 0 Å². The summed E-state index contributed by atoms with van der Waals surface area (Å²) in [6.45, 7) is 15.6. The monoisotopic (exact) mass is 535 g/mol. The maximum Gasteiger partial charge on any atom is 0.211 e. The van der Waals surface area contributed by atoms with Gasteiger partial charge in [0.05, 0.1) is 29.9 Å². The molecule has 0 N–H and O–H groups in total. The highest BCUT2D eigenvalue weighted by Crippen LogP contribution is 2.42. The second-order valence-corrected chi connectivity index (χ2v) is 10.3. The SMILES string of the molecule is [C-]#[N+]c1ccc2c(c1)c1ccccc1n2-c1c([N+]#[C-])cccc1-c1cccc(-c2ccc3oc4ccccc4c3c2)c1. The minimum absolute atomic E-state index is 0.570. The van der Waals surface area contributed by atoms with Crippen LogP contribution in [-0.4, -0.2) is 4.57 Å². The Morgan fingerprint density at radius 3 is 2.12 bits per heavy atom. The predicted molar refractivity (Wildman–Crippen MR) is 171 cm³/mol. The van der Waals surface area contributed by atoms with Crippen molar-refractivity contribution in [3.8, 4) is 27.9 Å². The van der Waals surface area contributed by atoms with Crippen LogP contribution < -0.4 is 0 Å². The van der Waals surface area contributed by atoms with Crippen LogP contribution in [0.2, 0.25) is 0 Å². The van der Waals surface area contributed by atoms with Crippen molar-refractivity contribution in [2.45, 2.75) is 0 Å². The minimum atomic E-state index is 0.570. The Kier molecular flexibility index (Phi) is 5.22. The molecule has 2 heterocycles. The van der Waals surface area contributed by atoms with Crippen LogP contribution in [0.4, 0.5) is 11.4 Å². The van der Waals surface area contributed by atoms with Crippen LogP contribution in [0.1, 0.15) is 0 Å². The molecule has 0 amide bonds. The fraction of sp³-hybridized carbons (Fsp3) is 0. The quantitative estimate of drug-likeness (QED) is 0.207. The molecule has 194 valence electrons. The highest BCUT2D eigenvalue weighted by atomic mass is 16.3. The normalized spacial score (nSPS) is 11.3. The van der Waals surface area contributed by atoms with Crippen LogP contribution in [-0.2, 0) is 0 Å². The highest BCUT2D eigenvalue weighted by Gasteiger charge is 2.19. The van der Waals surface area contributed by atoms with Crippen molar-refractivity contribution >= 4 is 55.1 Å². The number of benzene rings is 6. The van der Waals surface area contributed by atoms with Crippen molar-refractivity contribution in [1.82, 2.24) is 4.57 Å². The lowest BCUT2D eigenvalue weighted by atomic mass is 9.96. The zero-order chi connectivity index (χ0) is 28.2. The van der Waals surface area contributed by atoms with Gasteiger partial charge >= 0.3 is 0 Å². The summed E-state index contributed by atoms with van der Waals surface area (Å²) in [5, 5.41) is 4.25. The predicted octanol–water partition coefficient (Wildman–Crippen LogP) is 11.1. The molecule has 0 bridgehead atoms. The van der Waals surface area contributed by atoms with E-state index >= 15 is 0 Å². The zero-order valence-electron chi connectivity index (χ0n) is 22.4. The number of rotatable bonds is 3. The summed E-state index contributed by atoms with van der Waals surface area (Å²) in [6, 6.07) is 42.8. The Labute approximate surface area is 241 Å². The number of nitrogens with zero attached hydrogens (tertiary/aromatic N) is 3. The van der Waals surface area contributed by atoms with Crippen molar-refractivity contribution in [3.05, 3.63) is 150 Å². The van der Waals surface area contributed by atoms with Crippen LogP contribution in [0.5, 0.6) is 0 Å². The average Bonchev–Trinajstić information content (AvgIpc) is 3.59. The fourth-order valence-electron chi connectivity index (χ4n) is 6.13. The molecular formula is C38H21N3O. The molecule has 0 spiro atoms. The molecular weight excluding hydrogens is 514 g/mol. The molecule has 2 aromatic heterocycles. The van der Waals surface area contributed by atoms with Crippen LogP contribution in [0.15, 0.2) is 132 Å². The van der Waals surface area contributed by atoms with Crippen LogP contribution >= 0.6 is 0 Å². The van der Waals surface area contributed by atoms with Gasteiger partial charge in [0.15, 0.2) is 5.69 Å². The van der Waals surface area contributed by atoms with E-state index in [0.717, 1.165) is 71.7 Å². The van der Waals surface area contributed by atoms with Gasteiger partial charge in [-0.25, -0.2) is 9.69 Å². The maximum absolute atomic E-state index is 8.09. The maximum atomic E-state index is 8.09. The Morgan fingerprint density at radius 1 is 0.500 bits per heavy atom. The molecule has 0 atom stereocenters. The molecule has 0 fully saturated rings. The summed E-state index contributed by atoms with van der Waals surface area (Å²) in [4.78, 5) is 7.63. The van der Waals surface area contributed by atoms with Crippen molar-refractivity contribution in [2.75, 3.05) is 0 Å². The lowest BCUT2D eigenvalue weighted by molar-refractivity contribution is 0.669. The molecule has 0 unspecified atom stereocenters. The molecule has 0 radical (unpaired) electrons. The Bertz CT molecular complexity index is 2450. The third kappa shape index (κ3) is 3.53. The number of hydrogen-bond acceptors (Lipinski definition) is 1. The smallest absolute Gasteiger partial charge is 0.211 e. The number of para-hydroxylation sites is 3. The first kappa shape index (κ1) is 23.8. The molecule has 0 saturated carbocycles. The van der Waals surface area contributed by atoms with Crippen molar-refractivity contribution < 1.29 is 4.42 Å². The van der Waals surface area contributed by atoms with Gasteiger partial charge in [0, 0.05) is 16.2 Å². The molecule has 0 aliphatic carbocycles. The van der Waals surface area contributed by atoms with Crippen molar-refractivity contribution in [3.63, 3.8) is 0 Å². The third-order valence-electron chi connectivity index (χ3n) is 8.03. The number of fused-ring (bicyclic) bond motifs is 6. The molecule has 4 nitrogen and oxygen atoms in total. The van der Waals surface area contributed by atoms with E-state index in [4.69, 9.17) is 17.6 Å². The van der Waals surface area contributed by atoms with Gasteiger partial charge in [0.25, 0.3) is 0 Å². The lowest BCUT2D eigenvalue weighted by Gasteiger charge is -2.17. The topological polar surface area (TPSA) is 26.8 Å². The zero-order valence-corrected chi connectivity index (χ0v) is 22.4. The molecule has 8 aromatic rings. The second-order valence-electron chi connectivity index (χ2n) is 10.3. The molecule has 6 aromatic carbocycles. The minimum Gasteiger partial charge on any atom is -0.456 e. The molecule has 0 aliphatic heterocycles. The molecule has 0 saturated heterocycles. The summed E-state index contributed by atoms with van der Waals surface area (Å²) >= 11 is 0. The van der Waals surface area contributed by atoms with Gasteiger partial charge < -0.3 is 8.98 Å². The van der Waals surface area contributed by atoms with E-state index in [-0.39, 0.29) is 0 Å². The van der Waals surface area contributed by atoms with Crippen LogP contribution in [0, 0.1) is 13.1 Å². The largest absolute Gasteiger partial charge is 0.456 e. The second kappa shape index (κ2) is 9.24. The van der Waals surface area contributed by atoms with E-state index in [1.165, 1.54) is 0 Å². The van der Waals surface area contributed by atoms with E-state index < -0.39 is 0 Å². The van der Waals surface area contributed by atoms with Gasteiger partial charge in [-0.1, -0.05) is 84.9 Å². The van der Waals surface area contributed by atoms with Crippen LogP contribution in [0.25, 0.3) is 81.4 Å². The molecule has 42 heavy (non-hydrogen) atoms. The number of hydrogen-bond donors (Lipinski definition) is 0. The molecule has 0 aliphatic rings. The first-order valence-corrected chi connectivity index (χ1v) is 13.7. The standard InChI is InChI=1S/C38H21N3O/c1-39-27-18-19-35-31(23-27)29-11-3-5-15-34(29)41(35)38-28(13-8-14-33(38)40-2)26-10-7-9-24(21-26)25-17-20-37-32(22-25)30-12-4-6-16-36(30)42-37/h3-23H. The molecule has 4 heteroatoms. The van der Waals surface area contributed by atoms with Gasteiger partial charge in [-0.3, -0.25) is 0 Å². The fourth-order valence-corrected chi connectivity index (χ4v) is 6.13. The summed E-state index contributed by atoms with van der Waals surface area (Å²) in [5.74, 6) is 0. The van der Waals surface area contributed by atoms with Gasteiger partial charge in [-0.2, -0.15) is 0 Å². The van der Waals surface area contributed by atoms with Crippen molar-refractivity contribution in [1.29, 1.82) is 0 Å². The van der Waals surface area contributed by atoms with E-state index in [1.807, 2.05) is 66.7 Å². The van der Waals surface area contributed by atoms with E-state index in [0.29, 0.717) is 11.4 Å². The lowest BCUT2D eigenvalue weighted by Crippen LogP contribution is -1.98. The third-order valence-corrected chi connectivity index (χ3v) is 8.03. The van der Waals surface area contributed by atoms with Gasteiger partial charge in [0.2, 0.25) is 5.69 Å². The number of furan rings is 1. The first-order chi connectivity index (χ1) is 20.7.